The average Bonchev–Trinajstić information content (AvgIpc) is 2.78. The molecule has 94 valence electrons. The van der Waals surface area contributed by atoms with Gasteiger partial charge in [0.15, 0.2) is 0 Å². The molecule has 0 saturated heterocycles. The predicted octanol–water partition coefficient (Wildman–Crippen LogP) is 3.12. The summed E-state index contributed by atoms with van der Waals surface area (Å²) in [5.41, 5.74) is 1.74. The first-order valence-corrected chi connectivity index (χ1v) is 5.62. The summed E-state index contributed by atoms with van der Waals surface area (Å²) in [5.74, 6) is 0. The maximum atomic E-state index is 10.5. The first-order chi connectivity index (χ1) is 8.56. The Morgan fingerprint density at radius 1 is 1.28 bits per heavy atom. The van der Waals surface area contributed by atoms with Gasteiger partial charge in [-0.05, 0) is 26.0 Å². The van der Waals surface area contributed by atoms with Gasteiger partial charge in [-0.3, -0.25) is 14.8 Å². The molecule has 6 nitrogen and oxygen atoms in total. The number of nitro benzene ring substituents is 1. The van der Waals surface area contributed by atoms with E-state index in [2.05, 4.69) is 10.4 Å². The molecule has 1 aromatic carbocycles. The molecule has 0 bridgehead atoms. The summed E-state index contributed by atoms with van der Waals surface area (Å²) in [5, 5.41) is 17.9. The van der Waals surface area contributed by atoms with Crippen molar-refractivity contribution in [3.63, 3.8) is 0 Å². The summed E-state index contributed by atoms with van der Waals surface area (Å²) in [7, 11) is 0. The Labute approximate surface area is 104 Å². The third kappa shape index (κ3) is 2.65. The summed E-state index contributed by atoms with van der Waals surface area (Å²) >= 11 is 0. The van der Waals surface area contributed by atoms with Crippen molar-refractivity contribution in [1.29, 1.82) is 0 Å². The van der Waals surface area contributed by atoms with Crippen molar-refractivity contribution < 1.29 is 4.92 Å². The van der Waals surface area contributed by atoms with E-state index in [0.29, 0.717) is 6.04 Å². The van der Waals surface area contributed by atoms with Crippen molar-refractivity contribution in [3.8, 4) is 0 Å². The minimum atomic E-state index is -0.416. The number of nitrogens with one attached hydrogen (secondary N) is 1. The molecular formula is C12H14N4O2. The maximum absolute atomic E-state index is 10.5. The van der Waals surface area contributed by atoms with E-state index in [1.807, 2.05) is 24.7 Å². The molecule has 1 N–H and O–H groups in total. The van der Waals surface area contributed by atoms with Gasteiger partial charge >= 0.3 is 0 Å². The molecule has 0 aliphatic heterocycles. The molecule has 0 saturated carbocycles. The van der Waals surface area contributed by atoms with Crippen LogP contribution >= 0.6 is 0 Å². The molecule has 6 heteroatoms. The third-order valence-corrected chi connectivity index (χ3v) is 2.50. The second-order valence-electron chi connectivity index (χ2n) is 4.23. The van der Waals surface area contributed by atoms with Crippen LogP contribution in [0.3, 0.4) is 0 Å². The van der Waals surface area contributed by atoms with Gasteiger partial charge in [-0.1, -0.05) is 0 Å². The average molecular weight is 246 g/mol. The van der Waals surface area contributed by atoms with Gasteiger partial charge in [-0.15, -0.1) is 0 Å². The highest BCUT2D eigenvalue weighted by atomic mass is 16.6. The van der Waals surface area contributed by atoms with E-state index in [4.69, 9.17) is 0 Å². The van der Waals surface area contributed by atoms with Crippen LogP contribution in [0.5, 0.6) is 0 Å². The highest BCUT2D eigenvalue weighted by molar-refractivity contribution is 5.59. The smallest absolute Gasteiger partial charge is 0.269 e. The van der Waals surface area contributed by atoms with E-state index >= 15 is 0 Å². The summed E-state index contributed by atoms with van der Waals surface area (Å²) in [4.78, 5) is 10.1. The van der Waals surface area contributed by atoms with E-state index in [-0.39, 0.29) is 5.69 Å². The fourth-order valence-electron chi connectivity index (χ4n) is 1.52. The van der Waals surface area contributed by atoms with E-state index in [1.54, 1.807) is 18.3 Å². The van der Waals surface area contributed by atoms with Gasteiger partial charge in [0.1, 0.15) is 0 Å². The van der Waals surface area contributed by atoms with Crippen LogP contribution in [0.1, 0.15) is 19.9 Å². The standard InChI is InChI=1S/C12H14N4O2/c1-9(2)15-8-11(7-13-15)14-10-3-5-12(6-4-10)16(17)18/h3-9,14H,1-2H3. The van der Waals surface area contributed by atoms with Crippen LogP contribution in [0.25, 0.3) is 0 Å². The van der Waals surface area contributed by atoms with Crippen LogP contribution in [0.15, 0.2) is 36.7 Å². The first kappa shape index (κ1) is 12.1. The molecule has 0 amide bonds. The van der Waals surface area contributed by atoms with Gasteiger partial charge in [-0.25, -0.2) is 0 Å². The second-order valence-corrected chi connectivity index (χ2v) is 4.23. The lowest BCUT2D eigenvalue weighted by atomic mass is 10.3. The first-order valence-electron chi connectivity index (χ1n) is 5.62. The van der Waals surface area contributed by atoms with Gasteiger partial charge in [0.05, 0.1) is 16.8 Å². The SMILES string of the molecule is CC(C)n1cc(Nc2ccc([N+](=O)[O-])cc2)cn1. The molecule has 1 heterocycles. The van der Waals surface area contributed by atoms with Gasteiger partial charge in [-0.2, -0.15) is 5.10 Å². The van der Waals surface area contributed by atoms with E-state index in [1.165, 1.54) is 12.1 Å². The van der Waals surface area contributed by atoms with Gasteiger partial charge in [0.25, 0.3) is 5.69 Å². The molecule has 0 spiro atoms. The zero-order valence-corrected chi connectivity index (χ0v) is 10.2. The molecule has 2 aromatic rings. The number of anilines is 2. The van der Waals surface area contributed by atoms with Crippen LogP contribution in [0, 0.1) is 10.1 Å². The van der Waals surface area contributed by atoms with Gasteiger partial charge in [0, 0.05) is 30.1 Å². The quantitative estimate of drug-likeness (QED) is 0.664. The number of hydrogen-bond donors (Lipinski definition) is 1. The Morgan fingerprint density at radius 2 is 1.94 bits per heavy atom. The van der Waals surface area contributed by atoms with Crippen molar-refractivity contribution in [3.05, 3.63) is 46.8 Å². The summed E-state index contributed by atoms with van der Waals surface area (Å²) < 4.78 is 1.84. The molecule has 0 atom stereocenters. The molecular weight excluding hydrogens is 232 g/mol. The minimum absolute atomic E-state index is 0.0819. The van der Waals surface area contributed by atoms with Crippen molar-refractivity contribution >= 4 is 17.1 Å². The van der Waals surface area contributed by atoms with Crippen molar-refractivity contribution in [2.45, 2.75) is 19.9 Å². The third-order valence-electron chi connectivity index (χ3n) is 2.50. The molecule has 18 heavy (non-hydrogen) atoms. The molecule has 2 rings (SSSR count). The Balaban J connectivity index is 2.10. The fraction of sp³-hybridized carbons (Fsp3) is 0.250. The molecule has 0 aliphatic rings. The fourth-order valence-corrected chi connectivity index (χ4v) is 1.52. The van der Waals surface area contributed by atoms with E-state index < -0.39 is 4.92 Å². The normalized spacial score (nSPS) is 10.6. The van der Waals surface area contributed by atoms with Crippen molar-refractivity contribution in [2.24, 2.45) is 0 Å². The number of non-ortho nitro benzene ring substituents is 1. The topological polar surface area (TPSA) is 73.0 Å². The lowest BCUT2D eigenvalue weighted by Gasteiger charge is -2.04. The number of aromatic nitrogens is 2. The molecule has 0 unspecified atom stereocenters. The minimum Gasteiger partial charge on any atom is -0.353 e. The molecule has 0 fully saturated rings. The largest absolute Gasteiger partial charge is 0.353 e. The Morgan fingerprint density at radius 3 is 2.44 bits per heavy atom. The Bertz CT molecular complexity index is 545. The van der Waals surface area contributed by atoms with E-state index in [0.717, 1.165) is 11.4 Å². The number of nitrogens with zero attached hydrogens (tertiary/aromatic N) is 3. The van der Waals surface area contributed by atoms with Crippen LogP contribution in [0.2, 0.25) is 0 Å². The Hall–Kier alpha value is -2.37. The van der Waals surface area contributed by atoms with E-state index in [9.17, 15) is 10.1 Å². The molecule has 0 aliphatic carbocycles. The number of benzene rings is 1. The predicted molar refractivity (Wildman–Crippen MR) is 69.0 cm³/mol. The molecule has 1 aromatic heterocycles. The van der Waals surface area contributed by atoms with Crippen molar-refractivity contribution in [1.82, 2.24) is 9.78 Å². The zero-order chi connectivity index (χ0) is 13.1. The van der Waals surface area contributed by atoms with Crippen LogP contribution in [0.4, 0.5) is 17.1 Å². The summed E-state index contributed by atoms with van der Waals surface area (Å²) in [6.07, 6.45) is 3.62. The maximum Gasteiger partial charge on any atom is 0.269 e. The highest BCUT2D eigenvalue weighted by Gasteiger charge is 2.05. The summed E-state index contributed by atoms with van der Waals surface area (Å²) in [6, 6.07) is 6.58. The molecule has 0 radical (unpaired) electrons. The van der Waals surface area contributed by atoms with Gasteiger partial charge < -0.3 is 5.32 Å². The summed E-state index contributed by atoms with van der Waals surface area (Å²) in [6.45, 7) is 4.09. The lowest BCUT2D eigenvalue weighted by molar-refractivity contribution is -0.384. The van der Waals surface area contributed by atoms with Crippen molar-refractivity contribution in [2.75, 3.05) is 5.32 Å². The van der Waals surface area contributed by atoms with Crippen LogP contribution < -0.4 is 5.32 Å². The highest BCUT2D eigenvalue weighted by Crippen LogP contribution is 2.20. The number of rotatable bonds is 4. The number of nitro groups is 1. The van der Waals surface area contributed by atoms with Crippen LogP contribution in [-0.2, 0) is 0 Å². The zero-order valence-electron chi connectivity index (χ0n) is 10.2. The lowest BCUT2D eigenvalue weighted by Crippen LogP contribution is -1.99. The van der Waals surface area contributed by atoms with Gasteiger partial charge in [0.2, 0.25) is 0 Å². The Kier molecular flexibility index (Phi) is 3.27. The monoisotopic (exact) mass is 246 g/mol. The van der Waals surface area contributed by atoms with Crippen LogP contribution in [-0.4, -0.2) is 14.7 Å². The second kappa shape index (κ2) is 4.87. The number of hydrogen-bond acceptors (Lipinski definition) is 4.